The van der Waals surface area contributed by atoms with Crippen molar-refractivity contribution in [3.8, 4) is 5.75 Å². The average molecular weight is 323 g/mol. The Morgan fingerprint density at radius 2 is 1.95 bits per heavy atom. The summed E-state index contributed by atoms with van der Waals surface area (Å²) in [6, 6.07) is 6.35. The zero-order valence-electron chi connectivity index (χ0n) is 12.1. The molecule has 1 aromatic carbocycles. The molecule has 1 unspecified atom stereocenters. The Morgan fingerprint density at radius 1 is 1.38 bits per heavy atom. The fraction of sp³-hybridized carbons (Fsp3) is 0.500. The first-order chi connectivity index (χ1) is 9.38. The van der Waals surface area contributed by atoms with Crippen LogP contribution in [0.15, 0.2) is 24.3 Å². The molecule has 0 fully saturated rings. The van der Waals surface area contributed by atoms with Crippen LogP contribution in [0.25, 0.3) is 0 Å². The third-order valence-corrected chi connectivity index (χ3v) is 2.83. The Hall–Kier alpha value is -1.40. The van der Waals surface area contributed by atoms with Crippen molar-refractivity contribution in [2.45, 2.75) is 32.3 Å². The average Bonchev–Trinajstić information content (AvgIpc) is 2.45. The maximum absolute atomic E-state index is 12.9. The SMILES string of the molecule is CCC(C)Oc1ccc(C(=O)NCC(F)(F)CN)cc1.Cl. The molecule has 0 saturated heterocycles. The topological polar surface area (TPSA) is 64.3 Å². The Morgan fingerprint density at radius 3 is 2.43 bits per heavy atom. The fourth-order valence-electron chi connectivity index (χ4n) is 1.38. The van der Waals surface area contributed by atoms with E-state index >= 15 is 0 Å². The molecule has 4 nitrogen and oxygen atoms in total. The van der Waals surface area contributed by atoms with Crippen molar-refractivity contribution in [2.75, 3.05) is 13.1 Å². The number of ether oxygens (including phenoxy) is 1. The maximum Gasteiger partial charge on any atom is 0.277 e. The Balaban J connectivity index is 0.00000400. The highest BCUT2D eigenvalue weighted by Gasteiger charge is 2.27. The van der Waals surface area contributed by atoms with Crippen molar-refractivity contribution >= 4 is 18.3 Å². The molecule has 1 rings (SSSR count). The number of hydrogen-bond donors (Lipinski definition) is 2. The lowest BCUT2D eigenvalue weighted by Gasteiger charge is -2.15. The van der Waals surface area contributed by atoms with Gasteiger partial charge in [-0.1, -0.05) is 6.92 Å². The highest BCUT2D eigenvalue weighted by molar-refractivity contribution is 5.94. The lowest BCUT2D eigenvalue weighted by atomic mass is 10.2. The second-order valence-corrected chi connectivity index (χ2v) is 4.60. The van der Waals surface area contributed by atoms with Crippen LogP contribution >= 0.6 is 12.4 Å². The van der Waals surface area contributed by atoms with Crippen LogP contribution in [0.2, 0.25) is 0 Å². The standard InChI is InChI=1S/C14H20F2N2O2.ClH/c1-3-10(2)20-12-6-4-11(5-7-12)13(19)18-9-14(15,16)8-17;/h4-7,10H,3,8-9,17H2,1-2H3,(H,18,19);1H. The quantitative estimate of drug-likeness (QED) is 0.811. The van der Waals surface area contributed by atoms with E-state index in [0.29, 0.717) is 11.3 Å². The molecular weight excluding hydrogens is 302 g/mol. The number of alkyl halides is 2. The van der Waals surface area contributed by atoms with Gasteiger partial charge in [-0.25, -0.2) is 8.78 Å². The van der Waals surface area contributed by atoms with Gasteiger partial charge in [0.25, 0.3) is 11.8 Å². The summed E-state index contributed by atoms with van der Waals surface area (Å²) in [6.07, 6.45) is 0.953. The molecule has 3 N–H and O–H groups in total. The Labute approximate surface area is 129 Å². The van der Waals surface area contributed by atoms with E-state index in [1.807, 2.05) is 13.8 Å². The smallest absolute Gasteiger partial charge is 0.277 e. The molecule has 0 radical (unpaired) electrons. The van der Waals surface area contributed by atoms with E-state index in [1.165, 1.54) is 12.1 Å². The van der Waals surface area contributed by atoms with Gasteiger partial charge in [0, 0.05) is 5.56 Å². The number of carbonyl (C=O) groups excluding carboxylic acids is 1. The van der Waals surface area contributed by atoms with E-state index in [1.54, 1.807) is 12.1 Å². The van der Waals surface area contributed by atoms with Crippen molar-refractivity contribution in [3.05, 3.63) is 29.8 Å². The number of hydrogen-bond acceptors (Lipinski definition) is 3. The van der Waals surface area contributed by atoms with Crippen molar-refractivity contribution in [1.29, 1.82) is 0 Å². The van der Waals surface area contributed by atoms with E-state index in [0.717, 1.165) is 6.42 Å². The van der Waals surface area contributed by atoms with Gasteiger partial charge in [0.2, 0.25) is 0 Å². The van der Waals surface area contributed by atoms with Gasteiger partial charge in [-0.15, -0.1) is 12.4 Å². The monoisotopic (exact) mass is 322 g/mol. The summed E-state index contributed by atoms with van der Waals surface area (Å²) in [4.78, 5) is 11.7. The first-order valence-corrected chi connectivity index (χ1v) is 6.50. The van der Waals surface area contributed by atoms with Crippen molar-refractivity contribution in [1.82, 2.24) is 5.32 Å². The largest absolute Gasteiger partial charge is 0.491 e. The number of rotatable bonds is 7. The summed E-state index contributed by atoms with van der Waals surface area (Å²) in [5.41, 5.74) is 5.19. The molecule has 0 aliphatic rings. The van der Waals surface area contributed by atoms with Gasteiger partial charge in [0.1, 0.15) is 5.75 Å². The predicted octanol–water partition coefficient (Wildman–Crippen LogP) is 2.61. The van der Waals surface area contributed by atoms with E-state index in [2.05, 4.69) is 5.32 Å². The molecule has 0 spiro atoms. The number of nitrogens with two attached hydrogens (primary N) is 1. The van der Waals surface area contributed by atoms with Crippen LogP contribution in [0.5, 0.6) is 5.75 Å². The Bertz CT molecular complexity index is 441. The molecule has 120 valence electrons. The van der Waals surface area contributed by atoms with E-state index < -0.39 is 24.9 Å². The minimum atomic E-state index is -3.09. The van der Waals surface area contributed by atoms with Gasteiger partial charge in [0.05, 0.1) is 19.2 Å². The van der Waals surface area contributed by atoms with E-state index in [4.69, 9.17) is 10.5 Å². The lowest BCUT2D eigenvalue weighted by molar-refractivity contribution is 0.0118. The molecule has 0 bridgehead atoms. The summed E-state index contributed by atoms with van der Waals surface area (Å²) in [6.45, 7) is 2.38. The summed E-state index contributed by atoms with van der Waals surface area (Å²) in [5.74, 6) is -3.01. The molecule has 0 saturated carbocycles. The second kappa shape index (κ2) is 8.79. The van der Waals surface area contributed by atoms with Crippen LogP contribution in [0.1, 0.15) is 30.6 Å². The normalized spacial score (nSPS) is 12.2. The third-order valence-electron chi connectivity index (χ3n) is 2.83. The molecule has 1 aromatic rings. The molecule has 0 aromatic heterocycles. The number of benzene rings is 1. The second-order valence-electron chi connectivity index (χ2n) is 4.60. The predicted molar refractivity (Wildman–Crippen MR) is 80.4 cm³/mol. The van der Waals surface area contributed by atoms with E-state index in [-0.39, 0.29) is 18.5 Å². The number of nitrogens with one attached hydrogen (secondary N) is 1. The van der Waals surface area contributed by atoms with Gasteiger partial charge in [0.15, 0.2) is 0 Å². The lowest BCUT2D eigenvalue weighted by Crippen LogP contribution is -2.41. The van der Waals surface area contributed by atoms with Crippen molar-refractivity contribution in [2.24, 2.45) is 5.73 Å². The summed E-state index contributed by atoms with van der Waals surface area (Å²) in [7, 11) is 0. The van der Waals surface area contributed by atoms with E-state index in [9.17, 15) is 13.6 Å². The van der Waals surface area contributed by atoms with Crippen LogP contribution in [0.3, 0.4) is 0 Å². The van der Waals surface area contributed by atoms with Crippen LogP contribution < -0.4 is 15.8 Å². The summed E-state index contributed by atoms with van der Waals surface area (Å²) in [5, 5.41) is 2.15. The molecule has 0 aliphatic heterocycles. The van der Waals surface area contributed by atoms with Gasteiger partial charge in [-0.05, 0) is 37.6 Å². The van der Waals surface area contributed by atoms with Crippen LogP contribution in [-0.4, -0.2) is 31.0 Å². The van der Waals surface area contributed by atoms with Crippen LogP contribution in [0, 0.1) is 0 Å². The molecule has 1 amide bonds. The zero-order valence-corrected chi connectivity index (χ0v) is 12.9. The first-order valence-electron chi connectivity index (χ1n) is 6.50. The van der Waals surface area contributed by atoms with Gasteiger partial charge < -0.3 is 15.8 Å². The third kappa shape index (κ3) is 6.73. The highest BCUT2D eigenvalue weighted by Crippen LogP contribution is 2.15. The fourth-order valence-corrected chi connectivity index (χ4v) is 1.38. The molecule has 0 heterocycles. The molecule has 1 atom stereocenters. The number of carbonyl (C=O) groups is 1. The van der Waals surface area contributed by atoms with Crippen molar-refractivity contribution in [3.63, 3.8) is 0 Å². The van der Waals surface area contributed by atoms with Gasteiger partial charge in [-0.2, -0.15) is 0 Å². The number of halogens is 3. The summed E-state index contributed by atoms with van der Waals surface area (Å²) < 4.78 is 31.4. The van der Waals surface area contributed by atoms with Crippen LogP contribution in [-0.2, 0) is 0 Å². The first kappa shape index (κ1) is 19.6. The molecule has 0 aliphatic carbocycles. The van der Waals surface area contributed by atoms with Crippen LogP contribution in [0.4, 0.5) is 8.78 Å². The maximum atomic E-state index is 12.9. The highest BCUT2D eigenvalue weighted by atomic mass is 35.5. The van der Waals surface area contributed by atoms with Crippen molar-refractivity contribution < 1.29 is 18.3 Å². The summed E-state index contributed by atoms with van der Waals surface area (Å²) >= 11 is 0. The minimum absolute atomic E-state index is 0. The minimum Gasteiger partial charge on any atom is -0.491 e. The Kier molecular flexibility index (Phi) is 8.21. The molecule has 21 heavy (non-hydrogen) atoms. The van der Waals surface area contributed by atoms with Gasteiger partial charge in [-0.3, -0.25) is 4.79 Å². The number of amides is 1. The molecular formula is C14H21ClF2N2O2. The van der Waals surface area contributed by atoms with Gasteiger partial charge >= 0.3 is 0 Å². The zero-order chi connectivity index (χ0) is 15.2. The molecule has 7 heteroatoms.